The van der Waals surface area contributed by atoms with Gasteiger partial charge in [-0.25, -0.2) is 4.98 Å². The Morgan fingerprint density at radius 2 is 1.50 bits per heavy atom. The fourth-order valence-corrected chi connectivity index (χ4v) is 6.09. The third kappa shape index (κ3) is 7.38. The summed E-state index contributed by atoms with van der Waals surface area (Å²) in [6.07, 6.45) is 4.97. The minimum Gasteiger partial charge on any atom is -0.495 e. The quantitative estimate of drug-likeness (QED) is 0.114. The molecule has 250 valence electrons. The zero-order valence-corrected chi connectivity index (χ0v) is 28.8. The Labute approximate surface area is 282 Å². The minimum atomic E-state index is -0.593. The minimum absolute atomic E-state index is 0.145. The van der Waals surface area contributed by atoms with Crippen molar-refractivity contribution in [1.82, 2.24) is 14.5 Å². The molecule has 0 aliphatic rings. The Balaban J connectivity index is 1.62. The third-order valence-corrected chi connectivity index (χ3v) is 8.84. The van der Waals surface area contributed by atoms with Crippen molar-refractivity contribution >= 4 is 16.8 Å². The molecule has 4 aromatic carbocycles. The van der Waals surface area contributed by atoms with E-state index in [1.807, 2.05) is 92.7 Å². The van der Waals surface area contributed by atoms with Crippen LogP contribution in [0.25, 0.3) is 16.6 Å². The molecule has 1 heterocycles. The summed E-state index contributed by atoms with van der Waals surface area (Å²) < 4.78 is 18.3. The smallest absolute Gasteiger partial charge is 0.266 e. The number of hydrogen-bond acceptors (Lipinski definition) is 6. The maximum absolute atomic E-state index is 14.5. The molecular formula is C40H45N3O5. The van der Waals surface area contributed by atoms with E-state index in [2.05, 4.69) is 6.92 Å². The molecule has 0 saturated carbocycles. The normalized spacial score (nSPS) is 11.7. The van der Waals surface area contributed by atoms with Crippen LogP contribution < -0.4 is 19.8 Å². The number of benzene rings is 4. The van der Waals surface area contributed by atoms with Crippen LogP contribution in [0.4, 0.5) is 0 Å². The molecule has 0 saturated heterocycles. The standard InChI is InChI=1S/C40H45N3O5/c1-7-8-9-12-29-16-19-31(20-17-29)39(44)42(24-23-30-18-22-36(47-5)37(26-30)48-6)28(3)38-41-33-14-11-10-13-32(33)40(45)43(38)34-25-27(2)15-21-35(34)46-4/h10-11,13-22,25-26,28H,7-9,12,23-24H2,1-6H3. The lowest BCUT2D eigenvalue weighted by Gasteiger charge is -2.31. The lowest BCUT2D eigenvalue weighted by molar-refractivity contribution is 0.0683. The lowest BCUT2D eigenvalue weighted by Crippen LogP contribution is -2.38. The summed E-state index contributed by atoms with van der Waals surface area (Å²) in [4.78, 5) is 35.6. The number of para-hydroxylation sites is 1. The molecule has 0 radical (unpaired) electrons. The fraction of sp³-hybridized carbons (Fsp3) is 0.325. The molecule has 8 heteroatoms. The average Bonchev–Trinajstić information content (AvgIpc) is 3.11. The summed E-state index contributed by atoms with van der Waals surface area (Å²) in [7, 11) is 4.80. The van der Waals surface area contributed by atoms with Crippen LogP contribution in [0.2, 0.25) is 0 Å². The van der Waals surface area contributed by atoms with Gasteiger partial charge in [0.2, 0.25) is 0 Å². The molecule has 8 nitrogen and oxygen atoms in total. The van der Waals surface area contributed by atoms with Crippen molar-refractivity contribution in [2.45, 2.75) is 58.9 Å². The molecule has 1 unspecified atom stereocenters. The molecule has 1 amide bonds. The van der Waals surface area contributed by atoms with Gasteiger partial charge in [-0.2, -0.15) is 0 Å². The zero-order valence-electron chi connectivity index (χ0n) is 28.8. The maximum Gasteiger partial charge on any atom is 0.266 e. The monoisotopic (exact) mass is 647 g/mol. The number of carbonyl (C=O) groups excluding carboxylic acids is 1. The van der Waals surface area contributed by atoms with Crippen LogP contribution in [-0.2, 0) is 12.8 Å². The van der Waals surface area contributed by atoms with Gasteiger partial charge in [0.05, 0.1) is 44.0 Å². The summed E-state index contributed by atoms with van der Waals surface area (Å²) in [5, 5.41) is 0.485. The van der Waals surface area contributed by atoms with Gasteiger partial charge in [0, 0.05) is 12.1 Å². The first-order valence-electron chi connectivity index (χ1n) is 16.6. The molecule has 0 bridgehead atoms. The predicted molar refractivity (Wildman–Crippen MR) is 191 cm³/mol. The van der Waals surface area contributed by atoms with Crippen LogP contribution >= 0.6 is 0 Å². The summed E-state index contributed by atoms with van der Waals surface area (Å²) >= 11 is 0. The van der Waals surface area contributed by atoms with E-state index in [1.54, 1.807) is 36.9 Å². The second kappa shape index (κ2) is 15.7. The number of methoxy groups -OCH3 is 3. The van der Waals surface area contributed by atoms with Crippen LogP contribution in [0.3, 0.4) is 0 Å². The van der Waals surface area contributed by atoms with Crippen LogP contribution in [0.1, 0.15) is 72.0 Å². The molecule has 0 aliphatic carbocycles. The van der Waals surface area contributed by atoms with Gasteiger partial charge in [-0.3, -0.25) is 14.2 Å². The van der Waals surface area contributed by atoms with Gasteiger partial charge < -0.3 is 19.1 Å². The maximum atomic E-state index is 14.5. The van der Waals surface area contributed by atoms with Crippen LogP contribution in [0.5, 0.6) is 17.2 Å². The molecule has 0 aliphatic heterocycles. The van der Waals surface area contributed by atoms with Crippen LogP contribution in [-0.4, -0.2) is 48.2 Å². The van der Waals surface area contributed by atoms with E-state index in [-0.39, 0.29) is 11.5 Å². The lowest BCUT2D eigenvalue weighted by atomic mass is 10.0. The van der Waals surface area contributed by atoms with Gasteiger partial charge in [0.15, 0.2) is 11.5 Å². The summed E-state index contributed by atoms with van der Waals surface area (Å²) in [5.74, 6) is 2.09. The Bertz CT molecular complexity index is 1930. The van der Waals surface area contributed by atoms with E-state index in [0.717, 1.165) is 30.4 Å². The highest BCUT2D eigenvalue weighted by atomic mass is 16.5. The van der Waals surface area contributed by atoms with E-state index < -0.39 is 6.04 Å². The molecule has 48 heavy (non-hydrogen) atoms. The Morgan fingerprint density at radius 3 is 2.21 bits per heavy atom. The Kier molecular flexibility index (Phi) is 11.2. The van der Waals surface area contributed by atoms with Gasteiger partial charge >= 0.3 is 0 Å². The molecule has 0 spiro atoms. The van der Waals surface area contributed by atoms with Gasteiger partial charge in [0.25, 0.3) is 11.5 Å². The third-order valence-electron chi connectivity index (χ3n) is 8.84. The first-order chi connectivity index (χ1) is 23.3. The molecule has 5 aromatic rings. The van der Waals surface area contributed by atoms with Gasteiger partial charge in [-0.1, -0.05) is 56.2 Å². The van der Waals surface area contributed by atoms with Crippen molar-refractivity contribution in [3.05, 3.63) is 123 Å². The second-order valence-electron chi connectivity index (χ2n) is 12.1. The van der Waals surface area contributed by atoms with E-state index in [0.29, 0.717) is 58.2 Å². The Hall–Kier alpha value is -5.11. The predicted octanol–water partition coefficient (Wildman–Crippen LogP) is 7.90. The van der Waals surface area contributed by atoms with E-state index in [9.17, 15) is 9.59 Å². The highest BCUT2D eigenvalue weighted by Gasteiger charge is 2.29. The molecule has 1 aromatic heterocycles. The number of fused-ring (bicyclic) bond motifs is 1. The number of aromatic nitrogens is 2. The highest BCUT2D eigenvalue weighted by Crippen LogP contribution is 2.31. The topological polar surface area (TPSA) is 82.9 Å². The van der Waals surface area contributed by atoms with Crippen LogP contribution in [0, 0.1) is 6.92 Å². The van der Waals surface area contributed by atoms with Crippen molar-refractivity contribution in [3.63, 3.8) is 0 Å². The number of aryl methyl sites for hydroxylation is 2. The first-order valence-corrected chi connectivity index (χ1v) is 16.6. The fourth-order valence-electron chi connectivity index (χ4n) is 6.09. The Morgan fingerprint density at radius 1 is 0.812 bits per heavy atom. The SMILES string of the molecule is CCCCCc1ccc(C(=O)N(CCc2ccc(OC)c(OC)c2)C(C)c2nc3ccccc3c(=O)n2-c2cc(C)ccc2OC)cc1. The number of amides is 1. The number of carbonyl (C=O) groups is 1. The number of rotatable bonds is 14. The molecule has 0 N–H and O–H groups in total. The van der Waals surface area contributed by atoms with Crippen molar-refractivity contribution < 1.29 is 19.0 Å². The largest absolute Gasteiger partial charge is 0.495 e. The van der Waals surface area contributed by atoms with E-state index in [4.69, 9.17) is 19.2 Å². The van der Waals surface area contributed by atoms with Crippen molar-refractivity contribution in [1.29, 1.82) is 0 Å². The molecular weight excluding hydrogens is 602 g/mol. The van der Waals surface area contributed by atoms with Gasteiger partial charge in [-0.15, -0.1) is 0 Å². The van der Waals surface area contributed by atoms with Gasteiger partial charge in [-0.05, 0) is 98.3 Å². The van der Waals surface area contributed by atoms with Crippen molar-refractivity contribution in [2.24, 2.45) is 0 Å². The van der Waals surface area contributed by atoms with E-state index >= 15 is 0 Å². The summed E-state index contributed by atoms with van der Waals surface area (Å²) in [6.45, 7) is 6.46. The molecule has 5 rings (SSSR count). The summed E-state index contributed by atoms with van der Waals surface area (Å²) in [5.41, 5.74) is 4.65. The van der Waals surface area contributed by atoms with Gasteiger partial charge in [0.1, 0.15) is 11.6 Å². The van der Waals surface area contributed by atoms with E-state index in [1.165, 1.54) is 12.0 Å². The van der Waals surface area contributed by atoms with Crippen molar-refractivity contribution in [3.8, 4) is 22.9 Å². The first kappa shape index (κ1) is 34.2. The number of unbranched alkanes of at least 4 members (excludes halogenated alkanes) is 2. The van der Waals surface area contributed by atoms with Crippen LogP contribution in [0.15, 0.2) is 89.7 Å². The number of hydrogen-bond donors (Lipinski definition) is 0. The molecule has 0 fully saturated rings. The zero-order chi connectivity index (χ0) is 34.2. The second-order valence-corrected chi connectivity index (χ2v) is 12.1. The average molecular weight is 648 g/mol. The molecule has 1 atom stereocenters. The summed E-state index contributed by atoms with van der Waals surface area (Å²) in [6, 6.07) is 26.1. The highest BCUT2D eigenvalue weighted by molar-refractivity contribution is 5.94. The number of nitrogens with zero attached hydrogens (tertiary/aromatic N) is 3. The van der Waals surface area contributed by atoms with Crippen molar-refractivity contribution in [2.75, 3.05) is 27.9 Å². The number of ether oxygens (including phenoxy) is 3.